The number of rotatable bonds is 9. The van der Waals surface area contributed by atoms with E-state index in [1.807, 2.05) is 97.1 Å². The lowest BCUT2D eigenvalue weighted by atomic mass is 9.65. The van der Waals surface area contributed by atoms with E-state index in [1.165, 1.54) is 44.5 Å². The van der Waals surface area contributed by atoms with Gasteiger partial charge in [-0.3, -0.25) is 0 Å². The van der Waals surface area contributed by atoms with Crippen LogP contribution in [0.2, 0.25) is 0 Å². The average molecular weight is 1560 g/mol. The first-order chi connectivity index (χ1) is 60.4. The fraction of sp³-hybridized carbons (Fsp3) is 0.0179. The Hall–Kier alpha value is -16.3. The number of hydrogen-bond donors (Lipinski definition) is 0. The molecular formula is C112H68N8O2. The van der Waals surface area contributed by atoms with Crippen molar-refractivity contribution in [3.8, 4) is 147 Å². The molecule has 0 bridgehead atoms. The Balaban J connectivity index is 0.000000139. The summed E-state index contributed by atoms with van der Waals surface area (Å²) in [6, 6.07) is 144. The summed E-state index contributed by atoms with van der Waals surface area (Å²) >= 11 is 0. The third-order valence-electron chi connectivity index (χ3n) is 24.8. The van der Waals surface area contributed by atoms with Crippen molar-refractivity contribution in [3.63, 3.8) is 0 Å². The summed E-state index contributed by atoms with van der Waals surface area (Å²) in [5.41, 5.74) is 26.9. The van der Waals surface area contributed by atoms with Gasteiger partial charge in [0.05, 0.1) is 33.3 Å². The van der Waals surface area contributed by atoms with Crippen LogP contribution in [0.3, 0.4) is 0 Å². The molecule has 0 atom stereocenters. The highest BCUT2D eigenvalue weighted by Crippen LogP contribution is 2.65. The predicted octanol–water partition coefficient (Wildman–Crippen LogP) is 27.1. The van der Waals surface area contributed by atoms with E-state index in [9.17, 15) is 0 Å². The van der Waals surface area contributed by atoms with Crippen LogP contribution in [-0.4, -0.2) is 39.9 Å². The van der Waals surface area contributed by atoms with Crippen molar-refractivity contribution in [3.05, 3.63) is 457 Å². The summed E-state index contributed by atoms with van der Waals surface area (Å²) in [5.74, 6) is 7.10. The Labute approximate surface area is 703 Å². The summed E-state index contributed by atoms with van der Waals surface area (Å²) in [4.78, 5) is 40.6. The Morgan fingerprint density at radius 2 is 0.402 bits per heavy atom. The van der Waals surface area contributed by atoms with Gasteiger partial charge in [0.15, 0.2) is 34.9 Å². The number of aromatic nitrogens is 8. The van der Waals surface area contributed by atoms with Gasteiger partial charge in [0.1, 0.15) is 23.0 Å². The van der Waals surface area contributed by atoms with Gasteiger partial charge in [-0.2, -0.15) is 0 Å². The zero-order valence-electron chi connectivity index (χ0n) is 65.7. The van der Waals surface area contributed by atoms with Crippen molar-refractivity contribution in [1.29, 1.82) is 0 Å². The van der Waals surface area contributed by atoms with Gasteiger partial charge in [-0.25, -0.2) is 39.9 Å². The van der Waals surface area contributed by atoms with E-state index in [-0.39, 0.29) is 0 Å². The number of benzene rings is 17. The van der Waals surface area contributed by atoms with Crippen molar-refractivity contribution in [2.45, 2.75) is 10.8 Å². The number of fused-ring (bicyclic) bond motifs is 24. The molecule has 17 aromatic carbocycles. The summed E-state index contributed by atoms with van der Waals surface area (Å²) in [6.45, 7) is 0. The quantitative estimate of drug-likeness (QED) is 0.129. The van der Waals surface area contributed by atoms with E-state index in [1.54, 1.807) is 0 Å². The van der Waals surface area contributed by atoms with Crippen LogP contribution >= 0.6 is 0 Å². The molecule has 0 saturated carbocycles. The molecule has 4 aromatic heterocycles. The monoisotopic (exact) mass is 1560 g/mol. The van der Waals surface area contributed by atoms with Crippen LogP contribution in [0.15, 0.2) is 413 Å². The van der Waals surface area contributed by atoms with Crippen LogP contribution in [0.4, 0.5) is 0 Å². The molecule has 10 heteroatoms. The lowest BCUT2D eigenvalue weighted by molar-refractivity contribution is 0.437. The minimum atomic E-state index is -0.566. The van der Waals surface area contributed by atoms with Gasteiger partial charge < -0.3 is 9.47 Å². The minimum Gasteiger partial charge on any atom is -0.457 e. The summed E-state index contributed by atoms with van der Waals surface area (Å²) in [7, 11) is 0. The highest BCUT2D eigenvalue weighted by Gasteiger charge is 2.53. The molecule has 6 heterocycles. The third-order valence-corrected chi connectivity index (χ3v) is 24.8. The van der Waals surface area contributed by atoms with E-state index in [0.717, 1.165) is 156 Å². The topological polar surface area (TPSA) is 122 Å². The van der Waals surface area contributed by atoms with E-state index in [0.29, 0.717) is 34.9 Å². The molecule has 2 aliphatic carbocycles. The van der Waals surface area contributed by atoms with Gasteiger partial charge in [-0.1, -0.05) is 364 Å². The second-order valence-electron chi connectivity index (χ2n) is 31.4. The SMILES string of the molecule is c1ccc(-c2ccc(-c3nc(-c4ccccc4)nc(-c4ccc(-c5nc6ccccc6c6cc7c(cc56)Oc5ccccc5C75c6ccccc6-c6ccccc65)cc4)n3)cc2)cc1.c1ccc(-c2nc(-c3ccccc3)nc(-c3ccc(-c4nc5ccccc5c5cc6c(cc45)Oc4ccccc4C64c5ccccc5-c5ccccc54)cc3)n2)cc1. The Morgan fingerprint density at radius 3 is 0.738 bits per heavy atom. The number of nitrogens with zero attached hydrogens (tertiary/aromatic N) is 8. The first-order valence-electron chi connectivity index (χ1n) is 41.2. The van der Waals surface area contributed by atoms with E-state index < -0.39 is 10.8 Å². The molecule has 0 unspecified atom stereocenters. The van der Waals surface area contributed by atoms with E-state index in [4.69, 9.17) is 49.3 Å². The summed E-state index contributed by atoms with van der Waals surface area (Å²) < 4.78 is 13.9. The van der Waals surface area contributed by atoms with Crippen molar-refractivity contribution in [2.75, 3.05) is 0 Å². The molecule has 10 nitrogen and oxygen atoms in total. The summed E-state index contributed by atoms with van der Waals surface area (Å²) in [6.07, 6.45) is 0. The Morgan fingerprint density at radius 1 is 0.156 bits per heavy atom. The average Bonchev–Trinajstić information content (AvgIpc) is 1.48. The molecule has 0 saturated heterocycles. The number of ether oxygens (including phenoxy) is 2. The molecule has 4 aliphatic rings. The first kappa shape index (κ1) is 70.0. The number of hydrogen-bond acceptors (Lipinski definition) is 10. The van der Waals surface area contributed by atoms with Gasteiger partial charge in [-0.15, -0.1) is 0 Å². The second kappa shape index (κ2) is 28.2. The van der Waals surface area contributed by atoms with Gasteiger partial charge in [-0.05, 0) is 115 Å². The van der Waals surface area contributed by atoms with Crippen LogP contribution < -0.4 is 9.47 Å². The highest BCUT2D eigenvalue weighted by atomic mass is 16.5. The van der Waals surface area contributed by atoms with Crippen molar-refractivity contribution in [2.24, 2.45) is 0 Å². The van der Waals surface area contributed by atoms with Crippen molar-refractivity contribution in [1.82, 2.24) is 39.9 Å². The molecule has 2 spiro atoms. The van der Waals surface area contributed by atoms with Crippen LogP contribution in [0.5, 0.6) is 23.0 Å². The smallest absolute Gasteiger partial charge is 0.164 e. The Kier molecular flexibility index (Phi) is 16.2. The molecule has 25 rings (SSSR count). The molecule has 21 aromatic rings. The molecular weight excluding hydrogens is 1490 g/mol. The van der Waals surface area contributed by atoms with Crippen LogP contribution in [0.1, 0.15) is 44.5 Å². The maximum atomic E-state index is 6.96. The van der Waals surface area contributed by atoms with Crippen molar-refractivity contribution >= 4 is 43.4 Å². The molecule has 122 heavy (non-hydrogen) atoms. The zero-order chi connectivity index (χ0) is 80.4. The molecule has 568 valence electrons. The van der Waals surface area contributed by atoms with Gasteiger partial charge in [0, 0.05) is 88.3 Å². The maximum absolute atomic E-state index is 6.96. The maximum Gasteiger partial charge on any atom is 0.164 e. The van der Waals surface area contributed by atoms with Gasteiger partial charge in [0.25, 0.3) is 0 Å². The molecule has 0 radical (unpaired) electrons. The van der Waals surface area contributed by atoms with Crippen LogP contribution in [0.25, 0.3) is 168 Å². The number of pyridine rings is 2. The van der Waals surface area contributed by atoms with Crippen molar-refractivity contribution < 1.29 is 9.47 Å². The lowest BCUT2D eigenvalue weighted by Gasteiger charge is -2.39. The third kappa shape index (κ3) is 11.1. The van der Waals surface area contributed by atoms with E-state index in [2.05, 4.69) is 315 Å². The largest absolute Gasteiger partial charge is 0.457 e. The predicted molar refractivity (Wildman–Crippen MR) is 489 cm³/mol. The molecule has 0 amide bonds. The van der Waals surface area contributed by atoms with E-state index >= 15 is 0 Å². The summed E-state index contributed by atoms with van der Waals surface area (Å²) in [5, 5.41) is 6.49. The van der Waals surface area contributed by atoms with Gasteiger partial charge in [0.2, 0.25) is 0 Å². The van der Waals surface area contributed by atoms with Crippen LogP contribution in [-0.2, 0) is 10.8 Å². The van der Waals surface area contributed by atoms with Gasteiger partial charge >= 0.3 is 0 Å². The highest BCUT2D eigenvalue weighted by molar-refractivity contribution is 6.14. The molecule has 0 fully saturated rings. The fourth-order valence-corrected chi connectivity index (χ4v) is 19.3. The lowest BCUT2D eigenvalue weighted by Crippen LogP contribution is -2.32. The fourth-order valence-electron chi connectivity index (χ4n) is 19.3. The minimum absolute atomic E-state index is 0.556. The zero-order valence-corrected chi connectivity index (χ0v) is 65.7. The first-order valence-corrected chi connectivity index (χ1v) is 41.2. The second-order valence-corrected chi connectivity index (χ2v) is 31.4. The Bertz CT molecular complexity index is 7650. The normalized spacial score (nSPS) is 13.0. The van der Waals surface area contributed by atoms with Crippen LogP contribution in [0, 0.1) is 0 Å². The molecule has 2 aliphatic heterocycles. The molecule has 0 N–H and O–H groups in total. The number of para-hydroxylation sites is 4. The standard InChI is InChI=1S/C59H36N4O.C53H32N4O/c1-3-15-37(16-4-1)38-27-31-41(32-28-38)57-61-56(40-17-5-2-6-18-40)62-58(63-57)42-33-29-39(30-34-42)55-47-36-54-51(35-46(47)45-21-9-13-25-52(45)60-55)59(50-24-12-14-26-53(50)64-54)48-22-10-7-19-43(48)44-20-8-11-23-49(44)59;1-3-15-34(16-4-1)50-55-51(35-17-5-2-6-18-35)57-52(56-50)36-29-27-33(28-30-36)49-41-32-48-45(31-40(41)39-21-9-13-25-46(39)54-49)53(44-24-12-14-26-47(44)58-48)42-22-10-7-19-37(42)38-20-8-11-23-43(38)53/h1-36H;1-32H.